The number of rotatable bonds is 6. The van der Waals surface area contributed by atoms with Gasteiger partial charge in [0.15, 0.2) is 0 Å². The quantitative estimate of drug-likeness (QED) is 0.612. The molecular formula is C13H19N3O4. The van der Waals surface area contributed by atoms with Gasteiger partial charge in [0.1, 0.15) is 0 Å². The lowest BCUT2D eigenvalue weighted by Gasteiger charge is -2.22. The Kier molecular flexibility index (Phi) is 5.45. The first kappa shape index (κ1) is 15.9. The van der Waals surface area contributed by atoms with Gasteiger partial charge in [0, 0.05) is 12.7 Å². The molecule has 110 valence electrons. The van der Waals surface area contributed by atoms with Crippen LogP contribution in [0.3, 0.4) is 0 Å². The van der Waals surface area contributed by atoms with Crippen molar-refractivity contribution in [1.29, 1.82) is 0 Å². The van der Waals surface area contributed by atoms with Crippen LogP contribution in [0.5, 0.6) is 0 Å². The maximum Gasteiger partial charge on any atom is 0.315 e. The van der Waals surface area contributed by atoms with Crippen LogP contribution < -0.4 is 10.6 Å². The molecule has 1 aromatic rings. The van der Waals surface area contributed by atoms with Crippen LogP contribution in [-0.2, 0) is 4.79 Å². The number of carboxylic acids is 1. The fourth-order valence-electron chi connectivity index (χ4n) is 1.61. The topological polar surface area (TPSA) is 112 Å². The first-order valence-electron chi connectivity index (χ1n) is 6.19. The predicted molar refractivity (Wildman–Crippen MR) is 72.1 cm³/mol. The zero-order valence-electron chi connectivity index (χ0n) is 11.5. The van der Waals surface area contributed by atoms with Crippen molar-refractivity contribution in [2.24, 2.45) is 0 Å². The molecule has 0 saturated carbocycles. The van der Waals surface area contributed by atoms with Crippen molar-refractivity contribution in [2.45, 2.75) is 31.9 Å². The van der Waals surface area contributed by atoms with Crippen LogP contribution in [0.25, 0.3) is 0 Å². The SMILES string of the molecule is CC(NC(=O)NCC(C)(O)CC(=O)O)c1ccccn1. The fourth-order valence-corrected chi connectivity index (χ4v) is 1.61. The Balaban J connectivity index is 2.42. The normalized spacial score (nSPS) is 14.9. The van der Waals surface area contributed by atoms with Gasteiger partial charge in [-0.25, -0.2) is 4.79 Å². The highest BCUT2D eigenvalue weighted by Gasteiger charge is 2.25. The lowest BCUT2D eigenvalue weighted by atomic mass is 10.0. The Hall–Kier alpha value is -2.15. The summed E-state index contributed by atoms with van der Waals surface area (Å²) in [6.45, 7) is 2.97. The van der Waals surface area contributed by atoms with E-state index >= 15 is 0 Å². The molecule has 0 aliphatic heterocycles. The average molecular weight is 281 g/mol. The minimum absolute atomic E-state index is 0.153. The Morgan fingerprint density at radius 1 is 1.45 bits per heavy atom. The molecule has 4 N–H and O–H groups in total. The third-order valence-corrected chi connectivity index (χ3v) is 2.64. The number of pyridine rings is 1. The molecule has 0 radical (unpaired) electrons. The largest absolute Gasteiger partial charge is 0.481 e. The molecule has 0 spiro atoms. The lowest BCUT2D eigenvalue weighted by molar-refractivity contribution is -0.141. The van der Waals surface area contributed by atoms with E-state index in [9.17, 15) is 14.7 Å². The number of hydrogen-bond acceptors (Lipinski definition) is 4. The van der Waals surface area contributed by atoms with Crippen molar-refractivity contribution in [3.05, 3.63) is 30.1 Å². The first-order valence-corrected chi connectivity index (χ1v) is 6.19. The second-order valence-corrected chi connectivity index (χ2v) is 4.87. The molecule has 1 heterocycles. The molecule has 2 atom stereocenters. The van der Waals surface area contributed by atoms with E-state index in [1.807, 2.05) is 6.07 Å². The van der Waals surface area contributed by atoms with E-state index in [1.165, 1.54) is 6.92 Å². The zero-order chi connectivity index (χ0) is 15.2. The summed E-state index contributed by atoms with van der Waals surface area (Å²) in [6, 6.07) is 4.59. The number of carboxylic acid groups (broad SMARTS) is 1. The predicted octanol–water partition coefficient (Wildman–Crippen LogP) is 0.667. The second-order valence-electron chi connectivity index (χ2n) is 4.87. The van der Waals surface area contributed by atoms with Gasteiger partial charge in [-0.15, -0.1) is 0 Å². The maximum absolute atomic E-state index is 11.7. The summed E-state index contributed by atoms with van der Waals surface area (Å²) in [5.41, 5.74) is -0.780. The molecule has 2 unspecified atom stereocenters. The van der Waals surface area contributed by atoms with Gasteiger partial charge in [-0.2, -0.15) is 0 Å². The highest BCUT2D eigenvalue weighted by atomic mass is 16.4. The standard InChI is InChI=1S/C13H19N3O4/c1-9(10-5-3-4-6-14-10)16-12(19)15-8-13(2,20)7-11(17)18/h3-6,9,20H,7-8H2,1-2H3,(H,17,18)(H2,15,16,19). The molecule has 1 rings (SSSR count). The van der Waals surface area contributed by atoms with Crippen LogP contribution >= 0.6 is 0 Å². The van der Waals surface area contributed by atoms with E-state index in [0.29, 0.717) is 5.69 Å². The van der Waals surface area contributed by atoms with Crippen LogP contribution in [0, 0.1) is 0 Å². The number of hydrogen-bond donors (Lipinski definition) is 4. The Morgan fingerprint density at radius 3 is 2.70 bits per heavy atom. The number of aromatic nitrogens is 1. The molecule has 2 amide bonds. The van der Waals surface area contributed by atoms with Crippen molar-refractivity contribution >= 4 is 12.0 Å². The molecule has 0 aliphatic rings. The van der Waals surface area contributed by atoms with Gasteiger partial charge in [-0.1, -0.05) is 6.07 Å². The van der Waals surface area contributed by atoms with Crippen LogP contribution in [0.4, 0.5) is 4.79 Å². The lowest BCUT2D eigenvalue weighted by Crippen LogP contribution is -2.46. The van der Waals surface area contributed by atoms with Crippen molar-refractivity contribution in [2.75, 3.05) is 6.54 Å². The summed E-state index contributed by atoms with van der Waals surface area (Å²) in [4.78, 5) is 26.3. The van der Waals surface area contributed by atoms with E-state index < -0.39 is 24.0 Å². The fraction of sp³-hybridized carbons (Fsp3) is 0.462. The smallest absolute Gasteiger partial charge is 0.315 e. The van der Waals surface area contributed by atoms with Gasteiger partial charge in [0.05, 0.1) is 23.8 Å². The van der Waals surface area contributed by atoms with Crippen molar-refractivity contribution in [3.63, 3.8) is 0 Å². The van der Waals surface area contributed by atoms with Gasteiger partial charge in [-0.05, 0) is 26.0 Å². The third-order valence-electron chi connectivity index (χ3n) is 2.64. The average Bonchev–Trinajstić information content (AvgIpc) is 2.36. The van der Waals surface area contributed by atoms with E-state index in [-0.39, 0.29) is 12.6 Å². The molecule has 7 nitrogen and oxygen atoms in total. The van der Waals surface area contributed by atoms with E-state index in [2.05, 4.69) is 15.6 Å². The number of amides is 2. The van der Waals surface area contributed by atoms with Gasteiger partial charge in [0.25, 0.3) is 0 Å². The molecule has 7 heteroatoms. The Bertz CT molecular complexity index is 462. The number of urea groups is 1. The molecule has 0 aromatic carbocycles. The van der Waals surface area contributed by atoms with Crippen LogP contribution in [0.2, 0.25) is 0 Å². The van der Waals surface area contributed by atoms with Crippen LogP contribution in [-0.4, -0.2) is 39.3 Å². The summed E-state index contributed by atoms with van der Waals surface area (Å²) in [5, 5.41) is 23.4. The Morgan fingerprint density at radius 2 is 2.15 bits per heavy atom. The highest BCUT2D eigenvalue weighted by Crippen LogP contribution is 2.09. The number of nitrogens with one attached hydrogen (secondary N) is 2. The maximum atomic E-state index is 11.7. The minimum atomic E-state index is -1.49. The molecular weight excluding hydrogens is 262 g/mol. The summed E-state index contributed by atoms with van der Waals surface area (Å²) >= 11 is 0. The number of carbonyl (C=O) groups excluding carboxylic acids is 1. The highest BCUT2D eigenvalue weighted by molar-refractivity contribution is 5.74. The second kappa shape index (κ2) is 6.85. The Labute approximate surface area is 117 Å². The summed E-state index contributed by atoms with van der Waals surface area (Å²) < 4.78 is 0. The number of nitrogens with zero attached hydrogens (tertiary/aromatic N) is 1. The van der Waals surface area contributed by atoms with Crippen LogP contribution in [0.15, 0.2) is 24.4 Å². The van der Waals surface area contributed by atoms with Gasteiger partial charge in [-0.3, -0.25) is 9.78 Å². The molecule has 0 fully saturated rings. The van der Waals surface area contributed by atoms with Crippen LogP contribution in [0.1, 0.15) is 32.0 Å². The van der Waals surface area contributed by atoms with E-state index in [0.717, 1.165) is 0 Å². The third kappa shape index (κ3) is 5.66. The van der Waals surface area contributed by atoms with Crippen molar-refractivity contribution < 1.29 is 19.8 Å². The molecule has 20 heavy (non-hydrogen) atoms. The number of aliphatic hydroxyl groups is 1. The molecule has 0 aliphatic carbocycles. The minimum Gasteiger partial charge on any atom is -0.481 e. The summed E-state index contributed by atoms with van der Waals surface area (Å²) in [5.74, 6) is -1.13. The van der Waals surface area contributed by atoms with E-state index in [4.69, 9.17) is 5.11 Å². The van der Waals surface area contributed by atoms with Gasteiger partial charge in [0.2, 0.25) is 0 Å². The first-order chi connectivity index (χ1) is 9.30. The van der Waals surface area contributed by atoms with Crippen molar-refractivity contribution in [3.8, 4) is 0 Å². The molecule has 1 aromatic heterocycles. The van der Waals surface area contributed by atoms with E-state index in [1.54, 1.807) is 25.3 Å². The van der Waals surface area contributed by atoms with Gasteiger partial charge >= 0.3 is 12.0 Å². The zero-order valence-corrected chi connectivity index (χ0v) is 11.5. The molecule has 0 saturated heterocycles. The van der Waals surface area contributed by atoms with Gasteiger partial charge < -0.3 is 20.8 Å². The monoisotopic (exact) mass is 281 g/mol. The summed E-state index contributed by atoms with van der Waals surface area (Å²) in [7, 11) is 0. The molecule has 0 bridgehead atoms. The number of carbonyl (C=O) groups is 2. The van der Waals surface area contributed by atoms with Crippen molar-refractivity contribution in [1.82, 2.24) is 15.6 Å². The number of aliphatic carboxylic acids is 1. The summed E-state index contributed by atoms with van der Waals surface area (Å²) in [6.07, 6.45) is 1.19.